The Morgan fingerprint density at radius 2 is 1.75 bits per heavy atom. The van der Waals surface area contributed by atoms with Crippen molar-refractivity contribution in [3.8, 4) is 5.75 Å². The number of rotatable bonds is 5. The van der Waals surface area contributed by atoms with E-state index in [1.807, 2.05) is 11.8 Å². The number of anilines is 2. The number of amides is 1. The van der Waals surface area contributed by atoms with Crippen molar-refractivity contribution in [2.24, 2.45) is 0 Å². The predicted molar refractivity (Wildman–Crippen MR) is 136 cm³/mol. The molecule has 14 heteroatoms. The van der Waals surface area contributed by atoms with Gasteiger partial charge in [0.15, 0.2) is 23.2 Å². The number of hydrogen-bond acceptors (Lipinski definition) is 7. The molecule has 1 unspecified atom stereocenters. The van der Waals surface area contributed by atoms with Crippen LogP contribution in [-0.2, 0) is 16.0 Å². The number of carboxylic acid groups (broad SMARTS) is 1. The molecule has 2 aliphatic heterocycles. The summed E-state index contributed by atoms with van der Waals surface area (Å²) in [7, 11) is 0. The number of aromatic nitrogens is 2. The Morgan fingerprint density at radius 3 is 2.27 bits per heavy atom. The van der Waals surface area contributed by atoms with Crippen molar-refractivity contribution in [3.05, 3.63) is 41.2 Å². The Hall–Kier alpha value is -3.71. The molecule has 2 N–H and O–H groups in total. The summed E-state index contributed by atoms with van der Waals surface area (Å²) >= 11 is 0. The van der Waals surface area contributed by atoms with Crippen LogP contribution in [0.25, 0.3) is 0 Å². The van der Waals surface area contributed by atoms with Crippen LogP contribution < -0.4 is 15.0 Å². The highest BCUT2D eigenvalue weighted by molar-refractivity contribution is 5.74. The van der Waals surface area contributed by atoms with Gasteiger partial charge in [0.25, 0.3) is 0 Å². The third-order valence-corrected chi connectivity index (χ3v) is 6.43. The number of hydrogen-bond donors (Lipinski definition) is 2. The van der Waals surface area contributed by atoms with Crippen molar-refractivity contribution in [2.45, 2.75) is 71.3 Å². The number of aliphatic carboxylic acids is 1. The van der Waals surface area contributed by atoms with Crippen molar-refractivity contribution < 1.29 is 41.4 Å². The molecule has 40 heavy (non-hydrogen) atoms. The molecule has 0 bridgehead atoms. The summed E-state index contributed by atoms with van der Waals surface area (Å²) in [5.74, 6) is -2.45. The van der Waals surface area contributed by atoms with Crippen LogP contribution in [0.4, 0.5) is 33.6 Å². The van der Waals surface area contributed by atoms with Crippen molar-refractivity contribution in [1.82, 2.24) is 14.9 Å². The van der Waals surface area contributed by atoms with E-state index in [-0.39, 0.29) is 29.8 Å². The number of alkyl halides is 3. The maximum absolute atomic E-state index is 14.0. The highest BCUT2D eigenvalue weighted by atomic mass is 19.4. The van der Waals surface area contributed by atoms with E-state index in [1.165, 1.54) is 12.1 Å². The van der Waals surface area contributed by atoms with E-state index < -0.39 is 23.8 Å². The highest BCUT2D eigenvalue weighted by Crippen LogP contribution is 2.34. The van der Waals surface area contributed by atoms with E-state index in [2.05, 4.69) is 24.1 Å². The van der Waals surface area contributed by atoms with E-state index >= 15 is 0 Å². The lowest BCUT2D eigenvalue weighted by atomic mass is 10.0. The van der Waals surface area contributed by atoms with Gasteiger partial charge in [-0.05, 0) is 32.9 Å². The number of halogens is 5. The maximum atomic E-state index is 14.0. The molecule has 1 aromatic carbocycles. The molecule has 1 aromatic heterocycles. The van der Waals surface area contributed by atoms with Crippen molar-refractivity contribution >= 4 is 23.5 Å². The minimum absolute atomic E-state index is 0.0341. The molecular formula is C26H32F5N5O4. The normalized spacial score (nSPS) is 17.6. The molecule has 0 saturated carbocycles. The van der Waals surface area contributed by atoms with Crippen LogP contribution in [0, 0.1) is 11.6 Å². The molecule has 1 fully saturated rings. The van der Waals surface area contributed by atoms with Gasteiger partial charge >= 0.3 is 12.1 Å². The van der Waals surface area contributed by atoms with Gasteiger partial charge in [-0.25, -0.2) is 23.5 Å². The van der Waals surface area contributed by atoms with Gasteiger partial charge in [-0.1, -0.05) is 0 Å². The Bertz CT molecular complexity index is 1220. The Balaban J connectivity index is 0.000000559. The number of piperidine rings is 1. The third-order valence-electron chi connectivity index (χ3n) is 6.43. The first-order valence-electron chi connectivity index (χ1n) is 12.8. The number of ether oxygens (including phenoxy) is 1. The average Bonchev–Trinajstić information content (AvgIpc) is 2.85. The van der Waals surface area contributed by atoms with Crippen LogP contribution in [0.15, 0.2) is 18.2 Å². The first-order valence-corrected chi connectivity index (χ1v) is 12.8. The second-order valence-corrected chi connectivity index (χ2v) is 9.85. The molecule has 4 rings (SSSR count). The number of nitrogens with one attached hydrogen (secondary N) is 1. The van der Waals surface area contributed by atoms with Gasteiger partial charge in [-0.3, -0.25) is 4.79 Å². The number of carboxylic acids is 1. The lowest BCUT2D eigenvalue weighted by molar-refractivity contribution is -0.192. The van der Waals surface area contributed by atoms with Gasteiger partial charge in [0, 0.05) is 57.9 Å². The first-order chi connectivity index (χ1) is 18.7. The summed E-state index contributed by atoms with van der Waals surface area (Å²) in [5.41, 5.74) is 1.77. The molecule has 1 amide bonds. The predicted octanol–water partition coefficient (Wildman–Crippen LogP) is 4.72. The largest absolute Gasteiger partial charge is 0.490 e. The van der Waals surface area contributed by atoms with E-state index in [4.69, 9.17) is 24.6 Å². The summed E-state index contributed by atoms with van der Waals surface area (Å²) in [6.07, 6.45) is -3.23. The summed E-state index contributed by atoms with van der Waals surface area (Å²) in [5, 5.41) is 10.5. The topological polar surface area (TPSA) is 108 Å². The average molecular weight is 574 g/mol. The molecule has 0 spiro atoms. The number of carbonyl (C=O) groups excluding carboxylic acids is 1. The Kier molecular flexibility index (Phi) is 9.74. The minimum Gasteiger partial charge on any atom is -0.487 e. The van der Waals surface area contributed by atoms with Crippen LogP contribution in [-0.4, -0.2) is 69.8 Å². The van der Waals surface area contributed by atoms with Crippen LogP contribution in [0.3, 0.4) is 0 Å². The molecule has 2 aromatic rings. The fourth-order valence-corrected chi connectivity index (χ4v) is 4.52. The monoisotopic (exact) mass is 573 g/mol. The maximum Gasteiger partial charge on any atom is 0.490 e. The zero-order valence-electron chi connectivity index (χ0n) is 22.6. The minimum atomic E-state index is -5.08. The fraction of sp³-hybridized carbons (Fsp3) is 0.538. The van der Waals surface area contributed by atoms with Gasteiger partial charge in [0.1, 0.15) is 11.9 Å². The van der Waals surface area contributed by atoms with E-state index in [0.29, 0.717) is 38.9 Å². The number of nitrogens with zero attached hydrogens (tertiary/aromatic N) is 4. The molecule has 1 saturated heterocycles. The highest BCUT2D eigenvalue weighted by Gasteiger charge is 2.38. The smallest absolute Gasteiger partial charge is 0.487 e. The number of carbonyl (C=O) groups is 2. The molecular weight excluding hydrogens is 541 g/mol. The standard InChI is InChI=1S/C24H31F2N5O2.C2HF3O2/c1-14(2)27-23-24(29-22-15(3)31(16(4)32)12-9-20(22)28-23)30-10-7-18(8-11-30)33-21-6-5-17(25)13-19(21)26;3-2(4,5)1(6)7/h5-6,13-15,18H,7-12H2,1-4H3,(H,27,28);(H,6,7). The van der Waals surface area contributed by atoms with Gasteiger partial charge in [-0.2, -0.15) is 13.2 Å². The lowest BCUT2D eigenvalue weighted by Gasteiger charge is -2.37. The molecule has 220 valence electrons. The number of fused-ring (bicyclic) bond motifs is 1. The summed E-state index contributed by atoms with van der Waals surface area (Å²) < 4.78 is 64.7. The fourth-order valence-electron chi connectivity index (χ4n) is 4.52. The van der Waals surface area contributed by atoms with E-state index in [1.54, 1.807) is 6.92 Å². The third kappa shape index (κ3) is 7.69. The van der Waals surface area contributed by atoms with Crippen molar-refractivity contribution in [2.75, 3.05) is 29.9 Å². The Morgan fingerprint density at radius 1 is 1.12 bits per heavy atom. The lowest BCUT2D eigenvalue weighted by Crippen LogP contribution is -2.41. The van der Waals surface area contributed by atoms with E-state index in [0.717, 1.165) is 29.1 Å². The van der Waals surface area contributed by atoms with Gasteiger partial charge in [-0.15, -0.1) is 0 Å². The summed E-state index contributed by atoms with van der Waals surface area (Å²) in [6, 6.07) is 3.42. The zero-order chi connectivity index (χ0) is 29.8. The second kappa shape index (κ2) is 12.6. The van der Waals surface area contributed by atoms with Crippen LogP contribution >= 0.6 is 0 Å². The van der Waals surface area contributed by atoms with Gasteiger partial charge in [0.2, 0.25) is 5.91 Å². The first kappa shape index (κ1) is 30.8. The SMILES string of the molecule is CC(=O)N1CCc2nc(NC(C)C)c(N3CCC(Oc4ccc(F)cc4F)CC3)nc2C1C.O=C(O)C(F)(F)F. The molecule has 0 radical (unpaired) electrons. The molecule has 3 heterocycles. The molecule has 2 aliphatic rings. The molecule has 0 aliphatic carbocycles. The van der Waals surface area contributed by atoms with Crippen molar-refractivity contribution in [3.63, 3.8) is 0 Å². The van der Waals surface area contributed by atoms with Gasteiger partial charge in [0.05, 0.1) is 17.4 Å². The van der Waals surface area contributed by atoms with Gasteiger partial charge < -0.3 is 25.0 Å². The zero-order valence-corrected chi connectivity index (χ0v) is 22.6. The van der Waals surface area contributed by atoms with E-state index in [9.17, 15) is 26.7 Å². The van der Waals surface area contributed by atoms with Crippen LogP contribution in [0.2, 0.25) is 0 Å². The van der Waals surface area contributed by atoms with Crippen LogP contribution in [0.5, 0.6) is 5.75 Å². The summed E-state index contributed by atoms with van der Waals surface area (Å²) in [4.78, 5) is 34.8. The van der Waals surface area contributed by atoms with Crippen molar-refractivity contribution in [1.29, 1.82) is 0 Å². The number of benzene rings is 1. The Labute approximate surface area is 228 Å². The quantitative estimate of drug-likeness (QED) is 0.495. The second-order valence-electron chi connectivity index (χ2n) is 9.85. The molecule has 9 nitrogen and oxygen atoms in total. The van der Waals surface area contributed by atoms with Crippen LogP contribution in [0.1, 0.15) is 58.0 Å². The molecule has 1 atom stereocenters. The summed E-state index contributed by atoms with van der Waals surface area (Å²) in [6.45, 7) is 9.66.